The quantitative estimate of drug-likeness (QED) is 0.607. The Morgan fingerprint density at radius 1 is 1.06 bits per heavy atom. The van der Waals surface area contributed by atoms with Gasteiger partial charge in [0, 0.05) is 5.39 Å². The maximum Gasteiger partial charge on any atom is 0.231 e. The van der Waals surface area contributed by atoms with Gasteiger partial charge >= 0.3 is 0 Å². The van der Waals surface area contributed by atoms with Gasteiger partial charge in [0.25, 0.3) is 0 Å². The van der Waals surface area contributed by atoms with E-state index in [1.54, 1.807) is 0 Å². The van der Waals surface area contributed by atoms with Crippen LogP contribution < -0.4 is 4.74 Å². The van der Waals surface area contributed by atoms with Gasteiger partial charge < -0.3 is 4.74 Å². The summed E-state index contributed by atoms with van der Waals surface area (Å²) in [6.07, 6.45) is 0. The molecule has 0 bridgehead atoms. The fourth-order valence-corrected chi connectivity index (χ4v) is 2.08. The highest BCUT2D eigenvalue weighted by Gasteiger charge is 2.07. The Morgan fingerprint density at radius 3 is 2.44 bits per heavy atom. The molecule has 0 radical (unpaired) electrons. The van der Waals surface area contributed by atoms with Gasteiger partial charge in [-0.1, -0.05) is 24.3 Å². The Balaban J connectivity index is 2.40. The van der Waals surface area contributed by atoms with E-state index >= 15 is 0 Å². The summed E-state index contributed by atoms with van der Waals surface area (Å²) in [7, 11) is 1.52. The lowest BCUT2D eigenvalue weighted by Crippen LogP contribution is -1.92. The van der Waals surface area contributed by atoms with Crippen LogP contribution in [0, 0.1) is 11.3 Å². The van der Waals surface area contributed by atoms with Crippen molar-refractivity contribution in [2.24, 2.45) is 0 Å². The third-order valence-corrected chi connectivity index (χ3v) is 2.96. The Labute approximate surface area is 104 Å². The SMILES string of the molecule is COc1nc2cc3ccccc3cc2cc1C#N. The van der Waals surface area contributed by atoms with Crippen molar-refractivity contribution in [3.63, 3.8) is 0 Å². The van der Waals surface area contributed by atoms with Gasteiger partial charge in [0.2, 0.25) is 5.88 Å². The third kappa shape index (κ3) is 1.56. The number of rotatable bonds is 1. The molecule has 0 fully saturated rings. The molecule has 3 aromatic rings. The molecule has 0 saturated heterocycles. The molecule has 1 heterocycles. The van der Waals surface area contributed by atoms with E-state index in [-0.39, 0.29) is 0 Å². The summed E-state index contributed by atoms with van der Waals surface area (Å²) < 4.78 is 5.12. The maximum atomic E-state index is 9.05. The normalized spacial score (nSPS) is 10.4. The van der Waals surface area contributed by atoms with Crippen molar-refractivity contribution in [2.45, 2.75) is 0 Å². The number of fused-ring (bicyclic) bond motifs is 2. The summed E-state index contributed by atoms with van der Waals surface area (Å²) >= 11 is 0. The highest BCUT2D eigenvalue weighted by molar-refractivity contribution is 5.97. The van der Waals surface area contributed by atoms with Crippen LogP contribution in [0.15, 0.2) is 42.5 Å². The van der Waals surface area contributed by atoms with E-state index in [0.717, 1.165) is 21.7 Å². The van der Waals surface area contributed by atoms with Crippen molar-refractivity contribution in [2.75, 3.05) is 7.11 Å². The van der Waals surface area contributed by atoms with Crippen molar-refractivity contribution >= 4 is 21.7 Å². The van der Waals surface area contributed by atoms with Crippen LogP contribution in [0.25, 0.3) is 21.7 Å². The lowest BCUT2D eigenvalue weighted by atomic mass is 10.1. The molecule has 0 unspecified atom stereocenters. The van der Waals surface area contributed by atoms with Gasteiger partial charge in [0.05, 0.1) is 12.6 Å². The molecule has 0 amide bonds. The van der Waals surface area contributed by atoms with Gasteiger partial charge in [0.1, 0.15) is 11.6 Å². The van der Waals surface area contributed by atoms with Gasteiger partial charge in [-0.05, 0) is 29.0 Å². The minimum atomic E-state index is 0.375. The van der Waals surface area contributed by atoms with Crippen LogP contribution in [0.1, 0.15) is 5.56 Å². The van der Waals surface area contributed by atoms with E-state index in [2.05, 4.69) is 11.1 Å². The third-order valence-electron chi connectivity index (χ3n) is 2.96. The summed E-state index contributed by atoms with van der Waals surface area (Å²) in [6, 6.07) is 16.0. The summed E-state index contributed by atoms with van der Waals surface area (Å²) in [4.78, 5) is 4.37. The molecule has 0 atom stereocenters. The number of methoxy groups -OCH3 is 1. The van der Waals surface area contributed by atoms with Gasteiger partial charge in [-0.15, -0.1) is 0 Å². The molecule has 0 aliphatic heterocycles. The fraction of sp³-hybridized carbons (Fsp3) is 0.0667. The van der Waals surface area contributed by atoms with Crippen molar-refractivity contribution in [1.29, 1.82) is 5.26 Å². The second-order valence-corrected chi connectivity index (χ2v) is 4.05. The number of ether oxygens (including phenoxy) is 1. The highest BCUT2D eigenvalue weighted by atomic mass is 16.5. The molecule has 2 aromatic carbocycles. The standard InChI is InChI=1S/C15H10N2O/c1-18-15-13(9-16)7-12-6-10-4-2-3-5-11(10)8-14(12)17-15/h2-8H,1H3. The number of nitrogens with zero attached hydrogens (tertiary/aromatic N) is 2. The number of aromatic nitrogens is 1. The summed E-state index contributed by atoms with van der Waals surface area (Å²) in [5, 5.41) is 12.3. The molecular formula is C15H10N2O. The van der Waals surface area contributed by atoms with E-state index < -0.39 is 0 Å². The molecule has 0 aliphatic rings. The van der Waals surface area contributed by atoms with E-state index in [0.29, 0.717) is 11.4 Å². The first-order chi connectivity index (χ1) is 8.81. The number of nitriles is 1. The zero-order chi connectivity index (χ0) is 12.5. The average Bonchev–Trinajstić information content (AvgIpc) is 2.43. The lowest BCUT2D eigenvalue weighted by molar-refractivity contribution is 0.398. The van der Waals surface area contributed by atoms with Crippen LogP contribution in [-0.2, 0) is 0 Å². The Kier molecular flexibility index (Phi) is 2.35. The minimum absolute atomic E-state index is 0.375. The number of hydrogen-bond donors (Lipinski definition) is 0. The van der Waals surface area contributed by atoms with Crippen molar-refractivity contribution in [1.82, 2.24) is 4.98 Å². The van der Waals surface area contributed by atoms with Gasteiger partial charge in [0.15, 0.2) is 0 Å². The van der Waals surface area contributed by atoms with Crippen LogP contribution in [-0.4, -0.2) is 12.1 Å². The maximum absolute atomic E-state index is 9.05. The predicted molar refractivity (Wildman–Crippen MR) is 70.5 cm³/mol. The molecule has 1 aromatic heterocycles. The first-order valence-corrected chi connectivity index (χ1v) is 5.59. The lowest BCUT2D eigenvalue weighted by Gasteiger charge is -2.05. The van der Waals surface area contributed by atoms with E-state index in [1.165, 1.54) is 7.11 Å². The topological polar surface area (TPSA) is 45.9 Å². The minimum Gasteiger partial charge on any atom is -0.480 e. The zero-order valence-electron chi connectivity index (χ0n) is 9.84. The van der Waals surface area contributed by atoms with Crippen LogP contribution in [0.3, 0.4) is 0 Å². The molecule has 3 nitrogen and oxygen atoms in total. The molecule has 3 rings (SSSR count). The first kappa shape index (κ1) is 10.5. The van der Waals surface area contributed by atoms with Gasteiger partial charge in [-0.25, -0.2) is 4.98 Å². The highest BCUT2D eigenvalue weighted by Crippen LogP contribution is 2.25. The fourth-order valence-electron chi connectivity index (χ4n) is 2.08. The van der Waals surface area contributed by atoms with Crippen LogP contribution in [0.4, 0.5) is 0 Å². The number of pyridine rings is 1. The molecule has 18 heavy (non-hydrogen) atoms. The Bertz CT molecular complexity index is 787. The Morgan fingerprint density at radius 2 is 1.78 bits per heavy atom. The van der Waals surface area contributed by atoms with E-state index in [4.69, 9.17) is 10.00 Å². The van der Waals surface area contributed by atoms with Crippen LogP contribution in [0.5, 0.6) is 5.88 Å². The summed E-state index contributed by atoms with van der Waals surface area (Å²) in [6.45, 7) is 0. The van der Waals surface area contributed by atoms with Gasteiger partial charge in [-0.3, -0.25) is 0 Å². The van der Waals surface area contributed by atoms with Crippen LogP contribution in [0.2, 0.25) is 0 Å². The monoisotopic (exact) mass is 234 g/mol. The zero-order valence-corrected chi connectivity index (χ0v) is 9.84. The molecule has 0 N–H and O–H groups in total. The van der Waals surface area contributed by atoms with Crippen LogP contribution >= 0.6 is 0 Å². The largest absolute Gasteiger partial charge is 0.480 e. The van der Waals surface area contributed by atoms with Crippen molar-refractivity contribution in [3.05, 3.63) is 48.0 Å². The summed E-state index contributed by atoms with van der Waals surface area (Å²) in [5.41, 5.74) is 1.30. The number of hydrogen-bond acceptors (Lipinski definition) is 3. The first-order valence-electron chi connectivity index (χ1n) is 5.59. The molecule has 0 saturated carbocycles. The van der Waals surface area contributed by atoms with Crippen molar-refractivity contribution < 1.29 is 4.74 Å². The smallest absolute Gasteiger partial charge is 0.231 e. The molecule has 0 spiro atoms. The molecule has 0 aliphatic carbocycles. The summed E-state index contributed by atoms with van der Waals surface area (Å²) in [5.74, 6) is 0.375. The Hall–Kier alpha value is -2.60. The van der Waals surface area contributed by atoms with E-state index in [1.807, 2.05) is 42.5 Å². The predicted octanol–water partition coefficient (Wildman–Crippen LogP) is 3.27. The van der Waals surface area contributed by atoms with E-state index in [9.17, 15) is 0 Å². The molecule has 3 heteroatoms. The second kappa shape index (κ2) is 4.01. The second-order valence-electron chi connectivity index (χ2n) is 4.05. The number of benzene rings is 2. The average molecular weight is 234 g/mol. The molecule has 86 valence electrons. The van der Waals surface area contributed by atoms with Crippen molar-refractivity contribution in [3.8, 4) is 11.9 Å². The molecular weight excluding hydrogens is 224 g/mol. The van der Waals surface area contributed by atoms with Gasteiger partial charge in [-0.2, -0.15) is 5.26 Å².